The summed E-state index contributed by atoms with van der Waals surface area (Å²) < 4.78 is 16.4. The first-order valence-corrected chi connectivity index (χ1v) is 6.12. The fraction of sp³-hybridized carbons (Fsp3) is 0.909. The number of ether oxygens (including phenoxy) is 3. The molecule has 0 spiro atoms. The van der Waals surface area contributed by atoms with Crippen molar-refractivity contribution < 1.29 is 29.2 Å². The van der Waals surface area contributed by atoms with Crippen molar-refractivity contribution in [1.29, 1.82) is 0 Å². The zero-order valence-corrected chi connectivity index (χ0v) is 10.0. The van der Waals surface area contributed by atoms with Crippen LogP contribution in [0.2, 0.25) is 0 Å². The standard InChI is InChI=1S/C11H19NO6/c12-6-4-8-10(7(13)5-17-8)18-11(6)16-3-1-2-9(14)15/h6-8,10-11,13H,1-5,12H2,(H,14,15)/t6?,7?,8-,10?,11-/m1/s1. The number of carbonyl (C=O) groups is 1. The molecule has 0 aromatic carbocycles. The van der Waals surface area contributed by atoms with Gasteiger partial charge in [-0.05, 0) is 12.8 Å². The molecule has 0 bridgehead atoms. The van der Waals surface area contributed by atoms with Crippen LogP contribution in [0.25, 0.3) is 0 Å². The largest absolute Gasteiger partial charge is 0.481 e. The Balaban J connectivity index is 1.76. The van der Waals surface area contributed by atoms with Crippen LogP contribution in [0.15, 0.2) is 0 Å². The van der Waals surface area contributed by atoms with Crippen LogP contribution in [-0.4, -0.2) is 60.0 Å². The maximum Gasteiger partial charge on any atom is 0.303 e. The van der Waals surface area contributed by atoms with E-state index in [1.165, 1.54) is 0 Å². The summed E-state index contributed by atoms with van der Waals surface area (Å²) in [6.45, 7) is 0.535. The number of carboxylic acids is 1. The highest BCUT2D eigenvalue weighted by Crippen LogP contribution is 2.29. The Labute approximate surface area is 105 Å². The van der Waals surface area contributed by atoms with E-state index in [1.54, 1.807) is 0 Å². The second-order valence-corrected chi connectivity index (χ2v) is 4.68. The van der Waals surface area contributed by atoms with Crippen molar-refractivity contribution in [1.82, 2.24) is 0 Å². The molecule has 2 fully saturated rings. The molecule has 4 N–H and O–H groups in total. The summed E-state index contributed by atoms with van der Waals surface area (Å²) in [6, 6.07) is -0.318. The van der Waals surface area contributed by atoms with E-state index in [0.29, 0.717) is 12.8 Å². The highest BCUT2D eigenvalue weighted by Gasteiger charge is 2.45. The molecule has 3 unspecified atom stereocenters. The third-order valence-corrected chi connectivity index (χ3v) is 3.19. The predicted molar refractivity (Wildman–Crippen MR) is 59.8 cm³/mol. The smallest absolute Gasteiger partial charge is 0.303 e. The number of carboxylic acid groups (broad SMARTS) is 1. The molecule has 0 amide bonds. The van der Waals surface area contributed by atoms with Crippen LogP contribution < -0.4 is 5.73 Å². The normalized spacial score (nSPS) is 39.6. The van der Waals surface area contributed by atoms with Gasteiger partial charge in [-0.15, -0.1) is 0 Å². The SMILES string of the molecule is NC1C[C@H]2OCC(O)C2O[C@H]1OCCCC(=O)O. The van der Waals surface area contributed by atoms with Crippen LogP contribution in [0.1, 0.15) is 19.3 Å². The van der Waals surface area contributed by atoms with Crippen molar-refractivity contribution in [2.24, 2.45) is 5.73 Å². The lowest BCUT2D eigenvalue weighted by Gasteiger charge is -2.36. The number of aliphatic hydroxyl groups excluding tert-OH is 1. The van der Waals surface area contributed by atoms with E-state index in [0.717, 1.165) is 0 Å². The first kappa shape index (κ1) is 13.7. The molecule has 0 aromatic heterocycles. The monoisotopic (exact) mass is 261 g/mol. The van der Waals surface area contributed by atoms with E-state index >= 15 is 0 Å². The van der Waals surface area contributed by atoms with Crippen molar-refractivity contribution in [2.75, 3.05) is 13.2 Å². The Morgan fingerprint density at radius 1 is 1.50 bits per heavy atom. The second-order valence-electron chi connectivity index (χ2n) is 4.68. The van der Waals surface area contributed by atoms with Gasteiger partial charge in [0.2, 0.25) is 0 Å². The van der Waals surface area contributed by atoms with Gasteiger partial charge < -0.3 is 30.2 Å². The summed E-state index contributed by atoms with van der Waals surface area (Å²) in [5.74, 6) is -0.854. The van der Waals surface area contributed by atoms with E-state index in [9.17, 15) is 9.90 Å². The minimum absolute atomic E-state index is 0.0553. The van der Waals surface area contributed by atoms with Crippen LogP contribution in [0, 0.1) is 0 Å². The Kier molecular flexibility index (Phi) is 4.52. The molecule has 2 aliphatic rings. The Morgan fingerprint density at radius 3 is 3.00 bits per heavy atom. The number of aliphatic hydroxyl groups is 1. The third-order valence-electron chi connectivity index (χ3n) is 3.19. The van der Waals surface area contributed by atoms with E-state index in [2.05, 4.69) is 0 Å². The summed E-state index contributed by atoms with van der Waals surface area (Å²) in [6.07, 6.45) is -0.771. The number of nitrogens with two attached hydrogens (primary N) is 1. The molecule has 0 saturated carbocycles. The molecular formula is C11H19NO6. The zero-order chi connectivity index (χ0) is 13.1. The van der Waals surface area contributed by atoms with E-state index < -0.39 is 24.5 Å². The number of aliphatic carboxylic acids is 1. The molecule has 2 saturated heterocycles. The molecule has 0 aliphatic carbocycles. The van der Waals surface area contributed by atoms with Crippen LogP contribution in [0.3, 0.4) is 0 Å². The third kappa shape index (κ3) is 3.18. The molecule has 2 aliphatic heterocycles. The highest BCUT2D eigenvalue weighted by molar-refractivity contribution is 5.66. The maximum atomic E-state index is 10.3. The molecule has 0 radical (unpaired) electrons. The van der Waals surface area contributed by atoms with Crippen LogP contribution >= 0.6 is 0 Å². The number of fused-ring (bicyclic) bond motifs is 1. The number of hydrogen-bond donors (Lipinski definition) is 3. The van der Waals surface area contributed by atoms with Crippen molar-refractivity contribution >= 4 is 5.97 Å². The van der Waals surface area contributed by atoms with Gasteiger partial charge in [-0.25, -0.2) is 0 Å². The molecular weight excluding hydrogens is 242 g/mol. The van der Waals surface area contributed by atoms with E-state index in [1.807, 2.05) is 0 Å². The molecule has 104 valence electrons. The van der Waals surface area contributed by atoms with Gasteiger partial charge in [0.1, 0.15) is 12.2 Å². The summed E-state index contributed by atoms with van der Waals surface area (Å²) >= 11 is 0. The van der Waals surface area contributed by atoms with Gasteiger partial charge in [-0.3, -0.25) is 4.79 Å². The Morgan fingerprint density at radius 2 is 2.28 bits per heavy atom. The Bertz CT molecular complexity index is 299. The van der Waals surface area contributed by atoms with Crippen molar-refractivity contribution in [3.63, 3.8) is 0 Å². The topological polar surface area (TPSA) is 111 Å². The average Bonchev–Trinajstić information content (AvgIpc) is 2.66. The molecule has 2 heterocycles. The number of rotatable bonds is 5. The molecule has 5 atom stereocenters. The quantitative estimate of drug-likeness (QED) is 0.548. The summed E-state index contributed by atoms with van der Waals surface area (Å²) in [5, 5.41) is 18.1. The average molecular weight is 261 g/mol. The fourth-order valence-electron chi connectivity index (χ4n) is 2.26. The van der Waals surface area contributed by atoms with Gasteiger partial charge in [0, 0.05) is 6.42 Å². The van der Waals surface area contributed by atoms with E-state index in [4.69, 9.17) is 25.1 Å². The van der Waals surface area contributed by atoms with Crippen LogP contribution in [0.4, 0.5) is 0 Å². The zero-order valence-electron chi connectivity index (χ0n) is 10.0. The first-order valence-electron chi connectivity index (χ1n) is 6.12. The van der Waals surface area contributed by atoms with Gasteiger partial charge in [0.05, 0.1) is 25.4 Å². The molecule has 2 rings (SSSR count). The van der Waals surface area contributed by atoms with Crippen LogP contribution in [-0.2, 0) is 19.0 Å². The van der Waals surface area contributed by atoms with Gasteiger partial charge in [-0.1, -0.05) is 0 Å². The van der Waals surface area contributed by atoms with Gasteiger partial charge in [0.15, 0.2) is 6.29 Å². The first-order chi connectivity index (χ1) is 8.58. The van der Waals surface area contributed by atoms with Crippen LogP contribution in [0.5, 0.6) is 0 Å². The summed E-state index contributed by atoms with van der Waals surface area (Å²) in [5.41, 5.74) is 5.89. The van der Waals surface area contributed by atoms with Gasteiger partial charge in [0.25, 0.3) is 0 Å². The van der Waals surface area contributed by atoms with Crippen molar-refractivity contribution in [3.8, 4) is 0 Å². The molecule has 7 heteroatoms. The fourth-order valence-corrected chi connectivity index (χ4v) is 2.26. The summed E-state index contributed by atoms with van der Waals surface area (Å²) in [7, 11) is 0. The van der Waals surface area contributed by atoms with Crippen molar-refractivity contribution in [3.05, 3.63) is 0 Å². The minimum Gasteiger partial charge on any atom is -0.481 e. The Hall–Kier alpha value is -0.730. The molecule has 18 heavy (non-hydrogen) atoms. The second kappa shape index (κ2) is 5.94. The lowest BCUT2D eigenvalue weighted by atomic mass is 10.00. The van der Waals surface area contributed by atoms with E-state index in [-0.39, 0.29) is 31.8 Å². The molecule has 0 aromatic rings. The minimum atomic E-state index is -0.854. The number of hydrogen-bond acceptors (Lipinski definition) is 6. The lowest BCUT2D eigenvalue weighted by molar-refractivity contribution is -0.228. The van der Waals surface area contributed by atoms with Gasteiger partial charge >= 0.3 is 5.97 Å². The highest BCUT2D eigenvalue weighted by atomic mass is 16.7. The summed E-state index contributed by atoms with van der Waals surface area (Å²) in [4.78, 5) is 10.3. The molecule has 7 nitrogen and oxygen atoms in total. The van der Waals surface area contributed by atoms with Gasteiger partial charge in [-0.2, -0.15) is 0 Å². The maximum absolute atomic E-state index is 10.3. The predicted octanol–water partition coefficient (Wildman–Crippen LogP) is -0.930. The van der Waals surface area contributed by atoms with Crippen molar-refractivity contribution in [2.45, 2.75) is 49.9 Å². The lowest BCUT2D eigenvalue weighted by Crippen LogP contribution is -2.53.